The SMILES string of the molecule is Cc1c(NCC(C)(C)C)cccc1C(=O)NC1CCC(CO)CC1. The highest BCUT2D eigenvalue weighted by Gasteiger charge is 2.23. The van der Waals surface area contributed by atoms with Crippen LogP contribution in [0, 0.1) is 18.3 Å². The van der Waals surface area contributed by atoms with Crippen molar-refractivity contribution in [2.45, 2.75) is 59.4 Å². The molecule has 2 rings (SSSR count). The summed E-state index contributed by atoms with van der Waals surface area (Å²) in [6, 6.07) is 6.09. The molecule has 1 aliphatic rings. The van der Waals surface area contributed by atoms with Gasteiger partial charge in [-0.15, -0.1) is 0 Å². The summed E-state index contributed by atoms with van der Waals surface area (Å²) in [4.78, 5) is 12.6. The Balaban J connectivity index is 1.99. The normalized spacial score (nSPS) is 21.4. The summed E-state index contributed by atoms with van der Waals surface area (Å²) < 4.78 is 0. The second-order valence-corrected chi connectivity index (χ2v) is 8.27. The summed E-state index contributed by atoms with van der Waals surface area (Å²) in [6.45, 7) is 9.70. The number of benzene rings is 1. The van der Waals surface area contributed by atoms with Crippen LogP contribution in [0.2, 0.25) is 0 Å². The third-order valence-electron chi connectivity index (χ3n) is 4.83. The second kappa shape index (κ2) is 8.02. The minimum absolute atomic E-state index is 0.0133. The molecule has 1 amide bonds. The Morgan fingerprint density at radius 2 is 1.88 bits per heavy atom. The van der Waals surface area contributed by atoms with Crippen molar-refractivity contribution < 1.29 is 9.90 Å². The number of aliphatic hydroxyl groups excluding tert-OH is 1. The van der Waals surface area contributed by atoms with E-state index in [0.717, 1.165) is 49.0 Å². The van der Waals surface area contributed by atoms with E-state index in [0.29, 0.717) is 5.92 Å². The minimum atomic E-state index is 0.0133. The van der Waals surface area contributed by atoms with Gasteiger partial charge in [0, 0.05) is 30.4 Å². The fraction of sp³-hybridized carbons (Fsp3) is 0.650. The number of carbonyl (C=O) groups is 1. The summed E-state index contributed by atoms with van der Waals surface area (Å²) in [5.41, 5.74) is 2.97. The number of rotatable bonds is 5. The molecule has 4 nitrogen and oxygen atoms in total. The van der Waals surface area contributed by atoms with Crippen LogP contribution in [0.5, 0.6) is 0 Å². The fourth-order valence-electron chi connectivity index (χ4n) is 3.19. The lowest BCUT2D eigenvalue weighted by molar-refractivity contribution is 0.0913. The minimum Gasteiger partial charge on any atom is -0.396 e. The zero-order valence-corrected chi connectivity index (χ0v) is 15.5. The lowest BCUT2D eigenvalue weighted by Crippen LogP contribution is -2.38. The predicted molar refractivity (Wildman–Crippen MR) is 99.4 cm³/mol. The third kappa shape index (κ3) is 5.23. The molecule has 0 spiro atoms. The van der Waals surface area contributed by atoms with Crippen molar-refractivity contribution in [3.63, 3.8) is 0 Å². The first-order chi connectivity index (χ1) is 11.3. The first-order valence-electron chi connectivity index (χ1n) is 9.05. The fourth-order valence-corrected chi connectivity index (χ4v) is 3.19. The van der Waals surface area contributed by atoms with E-state index in [-0.39, 0.29) is 24.0 Å². The van der Waals surface area contributed by atoms with Crippen LogP contribution >= 0.6 is 0 Å². The number of hydrogen-bond acceptors (Lipinski definition) is 3. The number of amides is 1. The van der Waals surface area contributed by atoms with Gasteiger partial charge in [-0.05, 0) is 61.6 Å². The van der Waals surface area contributed by atoms with Crippen molar-refractivity contribution in [3.8, 4) is 0 Å². The average Bonchev–Trinajstić information content (AvgIpc) is 2.53. The molecule has 1 saturated carbocycles. The standard InChI is InChI=1S/C20H32N2O2/c1-14-17(6-5-7-18(14)21-13-20(2,3)4)19(24)22-16-10-8-15(12-23)9-11-16/h5-7,15-16,21,23H,8-13H2,1-4H3,(H,22,24). The molecule has 0 aliphatic heterocycles. The molecular formula is C20H32N2O2. The molecule has 134 valence electrons. The molecule has 0 aromatic heterocycles. The first kappa shape index (κ1) is 18.8. The third-order valence-corrected chi connectivity index (χ3v) is 4.83. The molecular weight excluding hydrogens is 300 g/mol. The van der Waals surface area contributed by atoms with Gasteiger partial charge in [-0.1, -0.05) is 26.8 Å². The Bertz CT molecular complexity index is 555. The maximum Gasteiger partial charge on any atom is 0.251 e. The summed E-state index contributed by atoms with van der Waals surface area (Å²) in [7, 11) is 0. The van der Waals surface area contributed by atoms with Gasteiger partial charge in [0.15, 0.2) is 0 Å². The molecule has 0 radical (unpaired) electrons. The van der Waals surface area contributed by atoms with Crippen LogP contribution in [0.4, 0.5) is 5.69 Å². The molecule has 0 bridgehead atoms. The Labute approximate surface area is 146 Å². The molecule has 0 saturated heterocycles. The van der Waals surface area contributed by atoms with Gasteiger partial charge in [-0.2, -0.15) is 0 Å². The monoisotopic (exact) mass is 332 g/mol. The Hall–Kier alpha value is -1.55. The first-order valence-corrected chi connectivity index (χ1v) is 9.05. The van der Waals surface area contributed by atoms with Crippen LogP contribution in [0.25, 0.3) is 0 Å². The van der Waals surface area contributed by atoms with Crippen molar-refractivity contribution >= 4 is 11.6 Å². The second-order valence-electron chi connectivity index (χ2n) is 8.27. The van der Waals surface area contributed by atoms with E-state index in [1.165, 1.54) is 0 Å². The van der Waals surface area contributed by atoms with Crippen molar-refractivity contribution in [3.05, 3.63) is 29.3 Å². The molecule has 0 heterocycles. The van der Waals surface area contributed by atoms with Gasteiger partial charge >= 0.3 is 0 Å². The van der Waals surface area contributed by atoms with Crippen LogP contribution in [0.1, 0.15) is 62.4 Å². The zero-order valence-electron chi connectivity index (χ0n) is 15.5. The average molecular weight is 332 g/mol. The highest BCUT2D eigenvalue weighted by atomic mass is 16.3. The van der Waals surface area contributed by atoms with E-state index in [2.05, 4.69) is 31.4 Å². The van der Waals surface area contributed by atoms with E-state index in [9.17, 15) is 9.90 Å². The number of carbonyl (C=O) groups excluding carboxylic acids is 1. The van der Waals surface area contributed by atoms with Crippen molar-refractivity contribution in [2.75, 3.05) is 18.5 Å². The van der Waals surface area contributed by atoms with Crippen molar-refractivity contribution in [1.82, 2.24) is 5.32 Å². The Kier molecular flexibility index (Phi) is 6.27. The van der Waals surface area contributed by atoms with Gasteiger partial charge in [-0.25, -0.2) is 0 Å². The number of anilines is 1. The summed E-state index contributed by atoms with van der Waals surface area (Å²) >= 11 is 0. The highest BCUT2D eigenvalue weighted by molar-refractivity contribution is 5.97. The molecule has 1 aliphatic carbocycles. The van der Waals surface area contributed by atoms with E-state index < -0.39 is 0 Å². The zero-order chi connectivity index (χ0) is 17.7. The predicted octanol–water partition coefficient (Wildman–Crippen LogP) is 3.73. The number of aliphatic hydroxyl groups is 1. The summed E-state index contributed by atoms with van der Waals surface area (Å²) in [5.74, 6) is 0.421. The topological polar surface area (TPSA) is 61.4 Å². The lowest BCUT2D eigenvalue weighted by Gasteiger charge is -2.28. The number of hydrogen-bond donors (Lipinski definition) is 3. The van der Waals surface area contributed by atoms with E-state index in [1.54, 1.807) is 0 Å². The lowest BCUT2D eigenvalue weighted by atomic mass is 9.86. The van der Waals surface area contributed by atoms with Gasteiger partial charge in [0.25, 0.3) is 5.91 Å². The van der Waals surface area contributed by atoms with Gasteiger partial charge < -0.3 is 15.7 Å². The van der Waals surface area contributed by atoms with Crippen LogP contribution in [-0.4, -0.2) is 30.2 Å². The maximum absolute atomic E-state index is 12.6. The smallest absolute Gasteiger partial charge is 0.251 e. The maximum atomic E-state index is 12.6. The highest BCUT2D eigenvalue weighted by Crippen LogP contribution is 2.25. The van der Waals surface area contributed by atoms with Gasteiger partial charge in [-0.3, -0.25) is 4.79 Å². The molecule has 24 heavy (non-hydrogen) atoms. The summed E-state index contributed by atoms with van der Waals surface area (Å²) in [5, 5.41) is 15.8. The Morgan fingerprint density at radius 1 is 1.21 bits per heavy atom. The molecule has 0 unspecified atom stereocenters. The van der Waals surface area contributed by atoms with Crippen LogP contribution in [0.15, 0.2) is 18.2 Å². The van der Waals surface area contributed by atoms with E-state index in [1.807, 2.05) is 25.1 Å². The van der Waals surface area contributed by atoms with E-state index in [4.69, 9.17) is 0 Å². The largest absolute Gasteiger partial charge is 0.396 e. The summed E-state index contributed by atoms with van der Waals surface area (Å²) in [6.07, 6.45) is 3.90. The molecule has 1 aromatic rings. The quantitative estimate of drug-likeness (QED) is 0.770. The molecule has 1 fully saturated rings. The van der Waals surface area contributed by atoms with Gasteiger partial charge in [0.2, 0.25) is 0 Å². The van der Waals surface area contributed by atoms with Crippen LogP contribution in [-0.2, 0) is 0 Å². The molecule has 1 aromatic carbocycles. The molecule has 3 N–H and O–H groups in total. The Morgan fingerprint density at radius 3 is 2.46 bits per heavy atom. The van der Waals surface area contributed by atoms with E-state index >= 15 is 0 Å². The van der Waals surface area contributed by atoms with Crippen molar-refractivity contribution in [2.24, 2.45) is 11.3 Å². The van der Waals surface area contributed by atoms with Gasteiger partial charge in [0.05, 0.1) is 0 Å². The van der Waals surface area contributed by atoms with Gasteiger partial charge in [0.1, 0.15) is 0 Å². The molecule has 0 atom stereocenters. The molecule has 4 heteroatoms. The van der Waals surface area contributed by atoms with Crippen molar-refractivity contribution in [1.29, 1.82) is 0 Å². The van der Waals surface area contributed by atoms with Crippen LogP contribution in [0.3, 0.4) is 0 Å². The van der Waals surface area contributed by atoms with Crippen LogP contribution < -0.4 is 10.6 Å². The number of nitrogens with one attached hydrogen (secondary N) is 2.